The fourth-order valence-corrected chi connectivity index (χ4v) is 3.59. The minimum atomic E-state index is -0.141. The van der Waals surface area contributed by atoms with Crippen LogP contribution in [0.2, 0.25) is 0 Å². The van der Waals surface area contributed by atoms with Crippen LogP contribution in [-0.4, -0.2) is 0 Å². The highest BCUT2D eigenvalue weighted by Gasteiger charge is 2.03. The number of rotatable bonds is 3. The van der Waals surface area contributed by atoms with E-state index < -0.39 is 0 Å². The number of hydrogen-bond acceptors (Lipinski definition) is 2. The lowest BCUT2D eigenvalue weighted by molar-refractivity contribution is 0.602. The molecule has 0 atom stereocenters. The lowest BCUT2D eigenvalue weighted by Gasteiger charge is -2.00. The van der Waals surface area contributed by atoms with Gasteiger partial charge in [0.05, 0.1) is 0 Å². The van der Waals surface area contributed by atoms with Gasteiger partial charge >= 0.3 is 0 Å². The highest BCUT2D eigenvalue weighted by atomic mass is 79.9. The third-order valence-electron chi connectivity index (χ3n) is 1.83. The summed E-state index contributed by atoms with van der Waals surface area (Å²) in [6.07, 6.45) is 0. The van der Waals surface area contributed by atoms with E-state index in [1.54, 1.807) is 17.4 Å². The maximum atomic E-state index is 13.3. The van der Waals surface area contributed by atoms with Gasteiger partial charge in [-0.3, -0.25) is 0 Å². The Hall–Kier alpha value is -0.320. The molecule has 1 aromatic carbocycles. The van der Waals surface area contributed by atoms with Gasteiger partial charge in [-0.05, 0) is 34.1 Å². The second-order valence-corrected chi connectivity index (χ2v) is 5.88. The largest absolute Gasteiger partial charge is 0.206 e. The zero-order valence-electron chi connectivity index (χ0n) is 7.74. The van der Waals surface area contributed by atoms with E-state index >= 15 is 0 Å². The zero-order valence-corrected chi connectivity index (χ0v) is 11.0. The van der Waals surface area contributed by atoms with E-state index in [1.165, 1.54) is 22.7 Å². The summed E-state index contributed by atoms with van der Waals surface area (Å²) < 4.78 is 14.4. The van der Waals surface area contributed by atoms with Crippen molar-refractivity contribution in [2.45, 2.75) is 10.6 Å². The quantitative estimate of drug-likeness (QED) is 0.724. The SMILES string of the molecule is Fc1ccccc1SCc1cc(Br)cs1. The van der Waals surface area contributed by atoms with Gasteiger partial charge in [-0.2, -0.15) is 0 Å². The maximum absolute atomic E-state index is 13.3. The summed E-state index contributed by atoms with van der Waals surface area (Å²) in [6.45, 7) is 0. The van der Waals surface area contributed by atoms with Gasteiger partial charge in [-0.25, -0.2) is 4.39 Å². The Morgan fingerprint density at radius 2 is 2.13 bits per heavy atom. The molecule has 1 aromatic heterocycles. The summed E-state index contributed by atoms with van der Waals surface area (Å²) in [5.74, 6) is 0.676. The number of hydrogen-bond donors (Lipinski definition) is 0. The average molecular weight is 303 g/mol. The first-order valence-corrected chi connectivity index (χ1v) is 7.02. The molecular weight excluding hydrogens is 295 g/mol. The van der Waals surface area contributed by atoms with Crippen molar-refractivity contribution in [3.8, 4) is 0 Å². The maximum Gasteiger partial charge on any atom is 0.136 e. The second-order valence-electron chi connectivity index (χ2n) is 2.95. The Labute approximate surface area is 105 Å². The van der Waals surface area contributed by atoms with Gasteiger partial charge in [0.1, 0.15) is 5.82 Å². The van der Waals surface area contributed by atoms with Crippen LogP contribution in [-0.2, 0) is 5.75 Å². The van der Waals surface area contributed by atoms with Crippen molar-refractivity contribution < 1.29 is 4.39 Å². The number of benzene rings is 1. The predicted octanol–water partition coefficient (Wildman–Crippen LogP) is 4.94. The molecule has 0 aliphatic rings. The van der Waals surface area contributed by atoms with Crippen molar-refractivity contribution in [2.75, 3.05) is 0 Å². The molecule has 0 aliphatic carbocycles. The molecule has 15 heavy (non-hydrogen) atoms. The van der Waals surface area contributed by atoms with Crippen LogP contribution in [0.4, 0.5) is 4.39 Å². The Morgan fingerprint density at radius 1 is 1.33 bits per heavy atom. The van der Waals surface area contributed by atoms with Crippen LogP contribution in [0.1, 0.15) is 4.88 Å². The summed E-state index contributed by atoms with van der Waals surface area (Å²) in [7, 11) is 0. The monoisotopic (exact) mass is 302 g/mol. The third kappa shape index (κ3) is 3.06. The summed E-state index contributed by atoms with van der Waals surface area (Å²) >= 11 is 6.61. The molecule has 0 spiro atoms. The smallest absolute Gasteiger partial charge is 0.136 e. The van der Waals surface area contributed by atoms with Crippen LogP contribution in [0, 0.1) is 5.82 Å². The number of thiophene rings is 1. The van der Waals surface area contributed by atoms with Gasteiger partial charge < -0.3 is 0 Å². The molecule has 78 valence electrons. The molecule has 0 saturated heterocycles. The van der Waals surface area contributed by atoms with E-state index in [9.17, 15) is 4.39 Å². The molecule has 0 bridgehead atoms. The van der Waals surface area contributed by atoms with Gasteiger partial charge in [-0.15, -0.1) is 23.1 Å². The first kappa shape index (κ1) is 11.2. The molecule has 1 heterocycles. The molecule has 4 heteroatoms. The molecule has 2 aromatic rings. The molecule has 2 rings (SSSR count). The highest BCUT2D eigenvalue weighted by molar-refractivity contribution is 9.10. The van der Waals surface area contributed by atoms with E-state index in [1.807, 2.05) is 17.5 Å². The molecule has 0 unspecified atom stereocenters. The molecule has 0 nitrogen and oxygen atoms in total. The van der Waals surface area contributed by atoms with Gasteiger partial charge in [-0.1, -0.05) is 12.1 Å². The van der Waals surface area contributed by atoms with E-state index in [0.717, 1.165) is 10.2 Å². The van der Waals surface area contributed by atoms with Crippen LogP contribution in [0.5, 0.6) is 0 Å². The van der Waals surface area contributed by atoms with E-state index in [-0.39, 0.29) is 5.82 Å². The Morgan fingerprint density at radius 3 is 2.80 bits per heavy atom. The first-order chi connectivity index (χ1) is 7.25. The number of thioether (sulfide) groups is 1. The molecule has 0 aliphatic heterocycles. The van der Waals surface area contributed by atoms with Crippen LogP contribution in [0.3, 0.4) is 0 Å². The van der Waals surface area contributed by atoms with E-state index in [0.29, 0.717) is 4.90 Å². The lowest BCUT2D eigenvalue weighted by atomic mass is 10.3. The van der Waals surface area contributed by atoms with E-state index in [2.05, 4.69) is 22.0 Å². The molecule has 0 saturated carbocycles. The van der Waals surface area contributed by atoms with Crippen molar-refractivity contribution in [2.24, 2.45) is 0 Å². The second kappa shape index (κ2) is 5.14. The third-order valence-corrected chi connectivity index (χ3v) is 4.81. The minimum Gasteiger partial charge on any atom is -0.206 e. The normalized spacial score (nSPS) is 10.5. The minimum absolute atomic E-state index is 0.141. The topological polar surface area (TPSA) is 0 Å². The van der Waals surface area contributed by atoms with E-state index in [4.69, 9.17) is 0 Å². The predicted molar refractivity (Wildman–Crippen MR) is 68.0 cm³/mol. The van der Waals surface area contributed by atoms with Gasteiger partial charge in [0.25, 0.3) is 0 Å². The zero-order chi connectivity index (χ0) is 10.7. The average Bonchev–Trinajstić information content (AvgIpc) is 2.63. The standard InChI is InChI=1S/C11H8BrFS2/c12-8-5-9(14-6-8)7-15-11-4-2-1-3-10(11)13/h1-6H,7H2. The van der Waals surface area contributed by atoms with Crippen molar-refractivity contribution in [3.05, 3.63) is 50.9 Å². The summed E-state index contributed by atoms with van der Waals surface area (Å²) in [6, 6.07) is 8.94. The Bertz CT molecular complexity index is 453. The van der Waals surface area contributed by atoms with Crippen molar-refractivity contribution >= 4 is 39.0 Å². The fourth-order valence-electron chi connectivity index (χ4n) is 1.14. The van der Waals surface area contributed by atoms with Crippen molar-refractivity contribution in [3.63, 3.8) is 0 Å². The van der Waals surface area contributed by atoms with Crippen LogP contribution < -0.4 is 0 Å². The number of halogens is 2. The molecule has 0 fully saturated rings. The van der Waals surface area contributed by atoms with Crippen molar-refractivity contribution in [1.29, 1.82) is 0 Å². The van der Waals surface area contributed by atoms with Crippen molar-refractivity contribution in [1.82, 2.24) is 0 Å². The summed E-state index contributed by atoms with van der Waals surface area (Å²) in [5.41, 5.74) is 0. The first-order valence-electron chi connectivity index (χ1n) is 4.36. The fraction of sp³-hybridized carbons (Fsp3) is 0.0909. The Kier molecular flexibility index (Phi) is 3.83. The van der Waals surface area contributed by atoms with Gasteiger partial charge in [0.2, 0.25) is 0 Å². The van der Waals surface area contributed by atoms with Gasteiger partial charge in [0, 0.05) is 25.4 Å². The lowest BCUT2D eigenvalue weighted by Crippen LogP contribution is -1.80. The summed E-state index contributed by atoms with van der Waals surface area (Å²) in [5, 5.41) is 2.04. The summed E-state index contributed by atoms with van der Waals surface area (Å²) in [4.78, 5) is 1.96. The molecule has 0 amide bonds. The molecular formula is C11H8BrFS2. The van der Waals surface area contributed by atoms with Crippen LogP contribution >= 0.6 is 39.0 Å². The van der Waals surface area contributed by atoms with Crippen LogP contribution in [0.25, 0.3) is 0 Å². The highest BCUT2D eigenvalue weighted by Crippen LogP contribution is 2.29. The van der Waals surface area contributed by atoms with Gasteiger partial charge in [0.15, 0.2) is 0 Å². The van der Waals surface area contributed by atoms with Crippen LogP contribution in [0.15, 0.2) is 45.1 Å². The molecule has 0 radical (unpaired) electrons. The Balaban J connectivity index is 2.02. The molecule has 0 N–H and O–H groups in total.